The molecule has 0 spiro atoms. The Hall–Kier alpha value is -2.86. The monoisotopic (exact) mass is 299 g/mol. The SMILES string of the molecule is O=C(Nc1ccccc1)Nc1ccc(C(=O)NCCO)cc1. The molecule has 0 aliphatic rings. The second kappa shape index (κ2) is 7.80. The molecule has 0 aliphatic heterocycles. The van der Waals surface area contributed by atoms with Crippen molar-refractivity contribution in [2.24, 2.45) is 0 Å². The predicted octanol–water partition coefficient (Wildman–Crippen LogP) is 2.05. The summed E-state index contributed by atoms with van der Waals surface area (Å²) < 4.78 is 0. The highest BCUT2D eigenvalue weighted by atomic mass is 16.3. The van der Waals surface area contributed by atoms with E-state index in [-0.39, 0.29) is 25.1 Å². The number of carbonyl (C=O) groups is 2. The molecule has 0 heterocycles. The Balaban J connectivity index is 1.90. The lowest BCUT2D eigenvalue weighted by atomic mass is 10.2. The van der Waals surface area contributed by atoms with Crippen molar-refractivity contribution in [2.45, 2.75) is 0 Å². The van der Waals surface area contributed by atoms with Gasteiger partial charge in [0.2, 0.25) is 0 Å². The van der Waals surface area contributed by atoms with Gasteiger partial charge in [0.25, 0.3) is 5.91 Å². The number of anilines is 2. The van der Waals surface area contributed by atoms with Crippen molar-refractivity contribution in [2.75, 3.05) is 23.8 Å². The van der Waals surface area contributed by atoms with Gasteiger partial charge in [0.1, 0.15) is 0 Å². The Kier molecular flexibility index (Phi) is 5.50. The molecule has 0 bridgehead atoms. The van der Waals surface area contributed by atoms with Crippen molar-refractivity contribution >= 4 is 23.3 Å². The number of urea groups is 1. The van der Waals surface area contributed by atoms with Gasteiger partial charge in [-0.3, -0.25) is 4.79 Å². The van der Waals surface area contributed by atoms with Crippen LogP contribution in [-0.2, 0) is 0 Å². The molecule has 6 heteroatoms. The lowest BCUT2D eigenvalue weighted by Crippen LogP contribution is -2.26. The molecule has 0 fully saturated rings. The molecule has 0 saturated heterocycles. The summed E-state index contributed by atoms with van der Waals surface area (Å²) >= 11 is 0. The standard InChI is InChI=1S/C16H17N3O3/c20-11-10-17-15(21)12-6-8-14(9-7-12)19-16(22)18-13-4-2-1-3-5-13/h1-9,20H,10-11H2,(H,17,21)(H2,18,19,22). The summed E-state index contributed by atoms with van der Waals surface area (Å²) in [5.41, 5.74) is 1.73. The van der Waals surface area contributed by atoms with Crippen molar-refractivity contribution in [1.29, 1.82) is 0 Å². The van der Waals surface area contributed by atoms with Gasteiger partial charge in [-0.05, 0) is 36.4 Å². The van der Waals surface area contributed by atoms with Gasteiger partial charge in [-0.15, -0.1) is 0 Å². The van der Waals surface area contributed by atoms with Crippen LogP contribution in [0.2, 0.25) is 0 Å². The Bertz CT molecular complexity index is 627. The third-order valence-corrected chi connectivity index (χ3v) is 2.83. The minimum atomic E-state index is -0.358. The number of rotatable bonds is 5. The van der Waals surface area contributed by atoms with E-state index in [1.54, 1.807) is 36.4 Å². The van der Waals surface area contributed by atoms with E-state index >= 15 is 0 Å². The number of hydrogen-bond acceptors (Lipinski definition) is 3. The fourth-order valence-corrected chi connectivity index (χ4v) is 1.79. The fraction of sp³-hybridized carbons (Fsp3) is 0.125. The summed E-state index contributed by atoms with van der Waals surface area (Å²) in [6.07, 6.45) is 0. The molecule has 22 heavy (non-hydrogen) atoms. The Morgan fingerprint density at radius 1 is 0.864 bits per heavy atom. The summed E-state index contributed by atoms with van der Waals surface area (Å²) in [6.45, 7) is 0.101. The lowest BCUT2D eigenvalue weighted by molar-refractivity contribution is 0.0945. The van der Waals surface area contributed by atoms with Crippen molar-refractivity contribution in [1.82, 2.24) is 5.32 Å². The number of benzene rings is 2. The topological polar surface area (TPSA) is 90.5 Å². The summed E-state index contributed by atoms with van der Waals surface area (Å²) in [5.74, 6) is -0.269. The molecule has 0 atom stereocenters. The molecule has 0 unspecified atom stereocenters. The minimum absolute atomic E-state index is 0.106. The van der Waals surface area contributed by atoms with E-state index in [0.717, 1.165) is 0 Å². The summed E-state index contributed by atoms with van der Waals surface area (Å²) in [6, 6.07) is 15.2. The number of para-hydroxylation sites is 1. The van der Waals surface area contributed by atoms with E-state index < -0.39 is 0 Å². The highest BCUT2D eigenvalue weighted by molar-refractivity contribution is 6.00. The molecule has 0 aliphatic carbocycles. The zero-order chi connectivity index (χ0) is 15.8. The number of amides is 3. The number of hydrogen-bond donors (Lipinski definition) is 4. The zero-order valence-corrected chi connectivity index (χ0v) is 11.9. The first-order chi connectivity index (χ1) is 10.7. The number of carbonyl (C=O) groups excluding carboxylic acids is 2. The molecule has 3 amide bonds. The summed E-state index contributed by atoms with van der Waals surface area (Å²) in [4.78, 5) is 23.5. The van der Waals surface area contributed by atoms with Crippen LogP contribution in [0.3, 0.4) is 0 Å². The molecule has 114 valence electrons. The maximum absolute atomic E-state index is 11.8. The molecule has 2 aromatic carbocycles. The van der Waals surface area contributed by atoms with Crippen LogP contribution in [0.1, 0.15) is 10.4 Å². The molecular formula is C16H17N3O3. The van der Waals surface area contributed by atoms with E-state index in [1.807, 2.05) is 18.2 Å². The van der Waals surface area contributed by atoms with Crippen LogP contribution in [0.4, 0.5) is 16.2 Å². The van der Waals surface area contributed by atoms with Gasteiger partial charge in [-0.25, -0.2) is 4.79 Å². The van der Waals surface area contributed by atoms with Gasteiger partial charge in [-0.2, -0.15) is 0 Å². The van der Waals surface area contributed by atoms with Gasteiger partial charge in [0.15, 0.2) is 0 Å². The zero-order valence-electron chi connectivity index (χ0n) is 11.9. The molecule has 0 saturated carbocycles. The third kappa shape index (κ3) is 4.60. The Morgan fingerprint density at radius 2 is 1.45 bits per heavy atom. The largest absolute Gasteiger partial charge is 0.395 e. The first kappa shape index (κ1) is 15.5. The van der Waals surface area contributed by atoms with E-state index in [0.29, 0.717) is 16.9 Å². The smallest absolute Gasteiger partial charge is 0.323 e. The summed E-state index contributed by atoms with van der Waals surface area (Å²) in [7, 11) is 0. The maximum atomic E-state index is 11.8. The fourth-order valence-electron chi connectivity index (χ4n) is 1.79. The highest BCUT2D eigenvalue weighted by Crippen LogP contribution is 2.11. The summed E-state index contributed by atoms with van der Waals surface area (Å²) in [5, 5.41) is 16.6. The van der Waals surface area contributed by atoms with Crippen LogP contribution in [0, 0.1) is 0 Å². The average molecular weight is 299 g/mol. The van der Waals surface area contributed by atoms with Crippen LogP contribution >= 0.6 is 0 Å². The second-order valence-corrected chi connectivity index (χ2v) is 4.50. The van der Waals surface area contributed by atoms with Gasteiger partial charge >= 0.3 is 6.03 Å². The quantitative estimate of drug-likeness (QED) is 0.681. The van der Waals surface area contributed by atoms with Crippen molar-refractivity contribution < 1.29 is 14.7 Å². The molecule has 0 radical (unpaired) electrons. The number of aliphatic hydroxyl groups excluding tert-OH is 1. The van der Waals surface area contributed by atoms with Crippen molar-refractivity contribution in [3.05, 3.63) is 60.2 Å². The Labute approximate surface area is 128 Å². The molecule has 4 N–H and O–H groups in total. The Morgan fingerprint density at radius 3 is 2.05 bits per heavy atom. The molecule has 2 rings (SSSR count). The van der Waals surface area contributed by atoms with E-state index in [4.69, 9.17) is 5.11 Å². The van der Waals surface area contributed by atoms with Gasteiger partial charge in [-0.1, -0.05) is 18.2 Å². The van der Waals surface area contributed by atoms with Crippen LogP contribution < -0.4 is 16.0 Å². The molecule has 6 nitrogen and oxygen atoms in total. The minimum Gasteiger partial charge on any atom is -0.395 e. The third-order valence-electron chi connectivity index (χ3n) is 2.83. The average Bonchev–Trinajstić information content (AvgIpc) is 2.54. The van der Waals surface area contributed by atoms with E-state index in [2.05, 4.69) is 16.0 Å². The van der Waals surface area contributed by atoms with Crippen LogP contribution in [0.15, 0.2) is 54.6 Å². The maximum Gasteiger partial charge on any atom is 0.323 e. The van der Waals surface area contributed by atoms with E-state index in [9.17, 15) is 9.59 Å². The van der Waals surface area contributed by atoms with Crippen LogP contribution in [0.25, 0.3) is 0 Å². The lowest BCUT2D eigenvalue weighted by Gasteiger charge is -2.08. The first-order valence-electron chi connectivity index (χ1n) is 6.81. The molecule has 2 aromatic rings. The van der Waals surface area contributed by atoms with E-state index in [1.165, 1.54) is 0 Å². The van der Waals surface area contributed by atoms with Crippen molar-refractivity contribution in [3.63, 3.8) is 0 Å². The van der Waals surface area contributed by atoms with Gasteiger partial charge in [0, 0.05) is 23.5 Å². The van der Waals surface area contributed by atoms with Gasteiger partial charge < -0.3 is 21.1 Å². The van der Waals surface area contributed by atoms with Gasteiger partial charge in [0.05, 0.1) is 6.61 Å². The highest BCUT2D eigenvalue weighted by Gasteiger charge is 2.06. The van der Waals surface area contributed by atoms with Crippen LogP contribution in [0.5, 0.6) is 0 Å². The van der Waals surface area contributed by atoms with Crippen LogP contribution in [-0.4, -0.2) is 30.2 Å². The second-order valence-electron chi connectivity index (χ2n) is 4.50. The molecule has 0 aromatic heterocycles. The number of nitrogens with one attached hydrogen (secondary N) is 3. The normalized spacial score (nSPS) is 9.86. The molecular weight excluding hydrogens is 282 g/mol. The number of aliphatic hydroxyl groups is 1. The predicted molar refractivity (Wildman–Crippen MR) is 84.9 cm³/mol. The van der Waals surface area contributed by atoms with Crippen molar-refractivity contribution in [3.8, 4) is 0 Å². The first-order valence-corrected chi connectivity index (χ1v) is 6.81.